The first kappa shape index (κ1) is 15.8. The molecule has 1 aromatic carbocycles. The van der Waals surface area contributed by atoms with Crippen molar-refractivity contribution in [3.8, 4) is 11.5 Å². The molecule has 1 aromatic heterocycles. The van der Waals surface area contributed by atoms with E-state index in [1.807, 2.05) is 32.0 Å². The lowest BCUT2D eigenvalue weighted by atomic mass is 9.96. The van der Waals surface area contributed by atoms with Crippen LogP contribution in [0.3, 0.4) is 0 Å². The molecule has 0 unspecified atom stereocenters. The molecule has 5 nitrogen and oxygen atoms in total. The smallest absolute Gasteiger partial charge is 0.263 e. The first-order valence-corrected chi connectivity index (χ1v) is 8.40. The number of carbonyl (C=O) groups is 1. The second-order valence-electron chi connectivity index (χ2n) is 5.71. The van der Waals surface area contributed by atoms with Gasteiger partial charge in [-0.05, 0) is 31.9 Å². The van der Waals surface area contributed by atoms with Crippen molar-refractivity contribution in [2.75, 3.05) is 20.3 Å². The van der Waals surface area contributed by atoms with Gasteiger partial charge >= 0.3 is 0 Å². The minimum absolute atomic E-state index is 0.0476. The first-order valence-electron chi connectivity index (χ1n) is 7.58. The van der Waals surface area contributed by atoms with Gasteiger partial charge in [-0.3, -0.25) is 4.79 Å². The van der Waals surface area contributed by atoms with Crippen molar-refractivity contribution >= 4 is 17.2 Å². The van der Waals surface area contributed by atoms with Crippen LogP contribution in [-0.2, 0) is 6.42 Å². The number of aryl methyl sites for hydroxylation is 2. The number of methoxy groups -OCH3 is 1. The molecule has 0 fully saturated rings. The van der Waals surface area contributed by atoms with E-state index in [1.54, 1.807) is 7.11 Å². The normalized spacial score (nSPS) is 16.4. The second kappa shape index (κ2) is 6.58. The molecule has 1 aliphatic heterocycles. The molecule has 6 heteroatoms. The summed E-state index contributed by atoms with van der Waals surface area (Å²) in [7, 11) is 1.64. The second-order valence-corrected chi connectivity index (χ2v) is 6.92. The molecule has 122 valence electrons. The number of fused-ring (bicyclic) bond motifs is 1. The zero-order chi connectivity index (χ0) is 16.4. The number of nitrogens with zero attached hydrogens (tertiary/aromatic N) is 1. The van der Waals surface area contributed by atoms with Crippen LogP contribution in [0.15, 0.2) is 18.2 Å². The van der Waals surface area contributed by atoms with Crippen LogP contribution < -0.4 is 14.8 Å². The molecular weight excluding hydrogens is 312 g/mol. The van der Waals surface area contributed by atoms with Gasteiger partial charge < -0.3 is 14.8 Å². The summed E-state index contributed by atoms with van der Waals surface area (Å²) in [5.41, 5.74) is 1.95. The van der Waals surface area contributed by atoms with Crippen LogP contribution in [0.1, 0.15) is 25.9 Å². The highest BCUT2D eigenvalue weighted by Gasteiger charge is 2.22. The van der Waals surface area contributed by atoms with Gasteiger partial charge in [0.25, 0.3) is 5.91 Å². The molecule has 1 atom stereocenters. The van der Waals surface area contributed by atoms with Gasteiger partial charge in [-0.2, -0.15) is 0 Å². The Morgan fingerprint density at radius 1 is 1.48 bits per heavy atom. The van der Waals surface area contributed by atoms with E-state index in [4.69, 9.17) is 9.47 Å². The van der Waals surface area contributed by atoms with E-state index >= 15 is 0 Å². The molecule has 1 aliphatic rings. The Labute approximate surface area is 139 Å². The largest absolute Gasteiger partial charge is 0.497 e. The predicted octanol–water partition coefficient (Wildman–Crippen LogP) is 2.75. The zero-order valence-electron chi connectivity index (χ0n) is 13.5. The van der Waals surface area contributed by atoms with Crippen molar-refractivity contribution in [2.24, 2.45) is 5.92 Å². The fourth-order valence-corrected chi connectivity index (χ4v) is 3.57. The predicted molar refractivity (Wildman–Crippen MR) is 89.6 cm³/mol. The van der Waals surface area contributed by atoms with Gasteiger partial charge in [0.15, 0.2) is 0 Å². The van der Waals surface area contributed by atoms with E-state index in [9.17, 15) is 4.79 Å². The Kier molecular flexibility index (Phi) is 4.52. The van der Waals surface area contributed by atoms with Crippen molar-refractivity contribution in [1.82, 2.24) is 10.3 Å². The van der Waals surface area contributed by atoms with E-state index in [-0.39, 0.29) is 11.8 Å². The maximum atomic E-state index is 12.3. The summed E-state index contributed by atoms with van der Waals surface area (Å²) in [6.07, 6.45) is 0.889. The van der Waals surface area contributed by atoms with E-state index in [0.717, 1.165) is 34.2 Å². The van der Waals surface area contributed by atoms with E-state index in [1.165, 1.54) is 11.3 Å². The van der Waals surface area contributed by atoms with Crippen molar-refractivity contribution in [2.45, 2.75) is 20.3 Å². The number of nitrogens with one attached hydrogen (secondary N) is 1. The molecule has 0 saturated heterocycles. The molecule has 0 saturated carbocycles. The number of aromatic nitrogens is 1. The van der Waals surface area contributed by atoms with Crippen LogP contribution in [0, 0.1) is 19.8 Å². The minimum Gasteiger partial charge on any atom is -0.497 e. The molecular formula is C17H20N2O3S. The van der Waals surface area contributed by atoms with E-state index in [2.05, 4.69) is 10.3 Å². The molecule has 0 bridgehead atoms. The number of carbonyl (C=O) groups excluding carboxylic acids is 1. The summed E-state index contributed by atoms with van der Waals surface area (Å²) < 4.78 is 11.0. The monoisotopic (exact) mass is 332 g/mol. The van der Waals surface area contributed by atoms with Crippen LogP contribution in [0.4, 0.5) is 0 Å². The third kappa shape index (κ3) is 3.47. The lowest BCUT2D eigenvalue weighted by Crippen LogP contribution is -2.34. The highest BCUT2D eigenvalue weighted by molar-refractivity contribution is 7.13. The summed E-state index contributed by atoms with van der Waals surface area (Å²) in [5, 5.41) is 3.92. The van der Waals surface area contributed by atoms with Gasteiger partial charge in [0.2, 0.25) is 0 Å². The maximum absolute atomic E-state index is 12.3. The molecule has 23 heavy (non-hydrogen) atoms. The van der Waals surface area contributed by atoms with Crippen LogP contribution in [0.25, 0.3) is 0 Å². The van der Waals surface area contributed by atoms with Crippen molar-refractivity contribution in [3.63, 3.8) is 0 Å². The lowest BCUT2D eigenvalue weighted by molar-refractivity contribution is 0.0942. The highest BCUT2D eigenvalue weighted by atomic mass is 32.1. The number of hydrogen-bond donors (Lipinski definition) is 1. The summed E-state index contributed by atoms with van der Waals surface area (Å²) in [4.78, 5) is 17.2. The van der Waals surface area contributed by atoms with Crippen molar-refractivity contribution in [3.05, 3.63) is 39.3 Å². The topological polar surface area (TPSA) is 60.5 Å². The fraction of sp³-hybridized carbons (Fsp3) is 0.412. The third-order valence-corrected chi connectivity index (χ3v) is 4.99. The Morgan fingerprint density at radius 2 is 2.30 bits per heavy atom. The summed E-state index contributed by atoms with van der Waals surface area (Å²) in [5.74, 6) is 1.90. The Hall–Kier alpha value is -2.08. The zero-order valence-corrected chi connectivity index (χ0v) is 14.3. The van der Waals surface area contributed by atoms with Gasteiger partial charge in [0.1, 0.15) is 16.4 Å². The summed E-state index contributed by atoms with van der Waals surface area (Å²) >= 11 is 1.43. The SMILES string of the molecule is COc1ccc2c(c1)OC[C@@H](CNC(=O)c1sc(C)nc1C)C2. The van der Waals surface area contributed by atoms with Gasteiger partial charge in [0.05, 0.1) is 24.4 Å². The number of rotatable bonds is 4. The average Bonchev–Trinajstić information content (AvgIpc) is 2.90. The molecule has 1 amide bonds. The molecule has 1 N–H and O–H groups in total. The van der Waals surface area contributed by atoms with Gasteiger partial charge in [-0.15, -0.1) is 11.3 Å². The molecule has 0 radical (unpaired) electrons. The molecule has 0 aliphatic carbocycles. The quantitative estimate of drug-likeness (QED) is 0.935. The van der Waals surface area contributed by atoms with Crippen LogP contribution in [0.2, 0.25) is 0 Å². The minimum atomic E-state index is -0.0476. The van der Waals surface area contributed by atoms with Crippen LogP contribution >= 0.6 is 11.3 Å². The number of hydrogen-bond acceptors (Lipinski definition) is 5. The lowest BCUT2D eigenvalue weighted by Gasteiger charge is -2.25. The third-order valence-electron chi connectivity index (χ3n) is 3.92. The highest BCUT2D eigenvalue weighted by Crippen LogP contribution is 2.30. The fourth-order valence-electron chi connectivity index (χ4n) is 2.73. The van der Waals surface area contributed by atoms with Crippen LogP contribution in [0.5, 0.6) is 11.5 Å². The number of benzene rings is 1. The molecule has 2 heterocycles. The Bertz CT molecular complexity index is 727. The number of amides is 1. The summed E-state index contributed by atoms with van der Waals surface area (Å²) in [6, 6.07) is 5.87. The molecule has 2 aromatic rings. The van der Waals surface area contributed by atoms with Gasteiger partial charge in [-0.1, -0.05) is 6.07 Å². The molecule has 0 spiro atoms. The van der Waals surface area contributed by atoms with Gasteiger partial charge in [0, 0.05) is 18.5 Å². The Morgan fingerprint density at radius 3 is 3.00 bits per heavy atom. The Balaban J connectivity index is 1.59. The van der Waals surface area contributed by atoms with E-state index < -0.39 is 0 Å². The van der Waals surface area contributed by atoms with E-state index in [0.29, 0.717) is 18.0 Å². The standard InChI is InChI=1S/C17H20N2O3S/c1-10-16(23-11(2)19-10)17(20)18-8-12-6-13-4-5-14(21-3)7-15(13)22-9-12/h4-5,7,12H,6,8-9H2,1-3H3,(H,18,20)/t12-/m1/s1. The number of ether oxygens (including phenoxy) is 2. The summed E-state index contributed by atoms with van der Waals surface area (Å²) in [6.45, 7) is 4.97. The van der Waals surface area contributed by atoms with Crippen molar-refractivity contribution < 1.29 is 14.3 Å². The van der Waals surface area contributed by atoms with Crippen LogP contribution in [-0.4, -0.2) is 31.2 Å². The van der Waals surface area contributed by atoms with Gasteiger partial charge in [-0.25, -0.2) is 4.98 Å². The first-order chi connectivity index (χ1) is 11.1. The maximum Gasteiger partial charge on any atom is 0.263 e. The average molecular weight is 332 g/mol. The molecule has 3 rings (SSSR count). The number of thiazole rings is 1. The van der Waals surface area contributed by atoms with Crippen molar-refractivity contribution in [1.29, 1.82) is 0 Å².